The fourth-order valence-corrected chi connectivity index (χ4v) is 5.24. The Kier molecular flexibility index (Phi) is 57.0. The van der Waals surface area contributed by atoms with E-state index in [2.05, 4.69) is 0 Å². The molecule has 20 heavy (non-hydrogen) atoms. The van der Waals surface area contributed by atoms with Gasteiger partial charge in [-0.25, -0.2) is 0 Å². The summed E-state index contributed by atoms with van der Waals surface area (Å²) in [5, 5.41) is 7.42. The zero-order valence-corrected chi connectivity index (χ0v) is 30.6. The van der Waals surface area contributed by atoms with Crippen molar-refractivity contribution in [1.82, 2.24) is 0 Å². The quantitative estimate of drug-likeness (QED) is 0.315. The zero-order valence-electron chi connectivity index (χ0n) is 13.3. The van der Waals surface area contributed by atoms with Crippen molar-refractivity contribution in [3.05, 3.63) is 0 Å². The summed E-state index contributed by atoms with van der Waals surface area (Å²) in [7, 11) is 10.7. The molecule has 0 aliphatic rings. The van der Waals surface area contributed by atoms with Crippen molar-refractivity contribution in [2.24, 2.45) is 0 Å². The summed E-state index contributed by atoms with van der Waals surface area (Å²) in [5.41, 5.74) is 0. The van der Waals surface area contributed by atoms with E-state index in [1.54, 1.807) is 21.3 Å². The number of carboxylic acids is 1. The Morgan fingerprint density at radius 1 is 1.05 bits per heavy atom. The monoisotopic (exact) mass is 878 g/mol. The molecule has 0 amide bonds. The van der Waals surface area contributed by atoms with E-state index in [4.69, 9.17) is 32.4 Å². The van der Waals surface area contributed by atoms with Crippen LogP contribution in [0.1, 0.15) is 6.92 Å². The molecule has 1 N–H and O–H groups in total. The van der Waals surface area contributed by atoms with Gasteiger partial charge in [0.2, 0.25) is 0 Å². The maximum atomic E-state index is 9.00. The van der Waals surface area contributed by atoms with Gasteiger partial charge in [0.25, 0.3) is 5.97 Å². The number of rotatable bonds is 7. The standard InChI is InChI=1S/3C3H7O.C2H4O2.ClH.3Hg/c3*1-3-4-2;1-2(3)4;;;;/h3*1,3H2,2H3;1H3,(H,3,4);1H;;;/q;;;;;;;+1/p-1. The molecule has 0 bridgehead atoms. The Morgan fingerprint density at radius 2 is 1.35 bits per heavy atom. The molecule has 0 saturated carbocycles. The van der Waals surface area contributed by atoms with Gasteiger partial charge in [0.1, 0.15) is 0 Å². The first kappa shape index (κ1) is 30.3. The second kappa shape index (κ2) is 37.6. The number of ether oxygens (including phenoxy) is 3. The summed E-state index contributed by atoms with van der Waals surface area (Å²) in [5.74, 6) is -0.833. The van der Waals surface area contributed by atoms with Crippen LogP contribution in [0.5, 0.6) is 0 Å². The summed E-state index contributed by atoms with van der Waals surface area (Å²) in [6.45, 7) is 3.91. The van der Waals surface area contributed by atoms with Crippen LogP contribution >= 0.6 is 8.25 Å². The van der Waals surface area contributed by atoms with Crippen molar-refractivity contribution in [2.45, 2.75) is 18.7 Å². The van der Waals surface area contributed by atoms with Crippen molar-refractivity contribution in [3.63, 3.8) is 0 Å². The molecule has 0 atom stereocenters. The molecular formula is C11H25ClHg3O5. The van der Waals surface area contributed by atoms with E-state index in [1.807, 2.05) is 0 Å². The molecular weight excluding hydrogens is 849 g/mol. The first-order valence-corrected chi connectivity index (χ1v) is 24.7. The molecule has 112 valence electrons. The number of methoxy groups -OCH3 is 3. The number of carboxylic acid groups (broad SMARTS) is 1. The van der Waals surface area contributed by atoms with E-state index < -0.39 is 29.3 Å². The van der Waals surface area contributed by atoms with E-state index >= 15 is 0 Å². The molecule has 0 fully saturated rings. The molecule has 0 aromatic carbocycles. The van der Waals surface area contributed by atoms with Gasteiger partial charge in [-0.2, -0.15) is 0 Å². The van der Waals surface area contributed by atoms with Crippen LogP contribution in [-0.2, 0) is 94.6 Å². The summed E-state index contributed by atoms with van der Waals surface area (Å²) >= 11 is 1.08. The Labute approximate surface area is 171 Å². The van der Waals surface area contributed by atoms with Gasteiger partial charge in [-0.3, -0.25) is 4.79 Å². The molecule has 0 rings (SSSR count). The fourth-order valence-electron chi connectivity index (χ4n) is 0.488. The Balaban J connectivity index is -0.0000000862. The molecule has 0 radical (unpaired) electrons. The molecule has 0 saturated heterocycles. The van der Waals surface area contributed by atoms with E-state index in [0.717, 1.165) is 79.0 Å². The number of hydrogen-bond acceptors (Lipinski definition) is 4. The molecule has 0 unspecified atom stereocenters. The predicted molar refractivity (Wildman–Crippen MR) is 69.2 cm³/mol. The van der Waals surface area contributed by atoms with Crippen LogP contribution in [0.25, 0.3) is 0 Å². The van der Waals surface area contributed by atoms with Gasteiger partial charge < -0.3 is 5.11 Å². The van der Waals surface area contributed by atoms with Crippen LogP contribution in [0.3, 0.4) is 0 Å². The third-order valence-corrected chi connectivity index (χ3v) is 7.93. The van der Waals surface area contributed by atoms with Gasteiger partial charge in [-0.1, -0.05) is 0 Å². The van der Waals surface area contributed by atoms with Crippen LogP contribution in [0.2, 0.25) is 11.8 Å². The van der Waals surface area contributed by atoms with Crippen LogP contribution in [0.15, 0.2) is 0 Å². The first-order chi connectivity index (χ1) is 9.47. The fraction of sp³-hybridized carbons (Fsp3) is 0.909. The van der Waals surface area contributed by atoms with Gasteiger partial charge in [0.05, 0.1) is 0 Å². The predicted octanol–water partition coefficient (Wildman–Crippen LogP) is 2.57. The van der Waals surface area contributed by atoms with E-state index in [0.29, 0.717) is 0 Å². The molecule has 5 nitrogen and oxygen atoms in total. The third kappa shape index (κ3) is 86.7. The van der Waals surface area contributed by atoms with Gasteiger partial charge >= 0.3 is 151 Å². The van der Waals surface area contributed by atoms with Crippen molar-refractivity contribution >= 4 is 14.2 Å². The van der Waals surface area contributed by atoms with Crippen molar-refractivity contribution in [2.75, 3.05) is 41.2 Å². The van der Waals surface area contributed by atoms with Crippen molar-refractivity contribution in [1.29, 1.82) is 0 Å². The molecule has 9 heteroatoms. The van der Waals surface area contributed by atoms with Gasteiger partial charge in [0, 0.05) is 6.92 Å². The number of aliphatic carboxylic acids is 1. The minimum atomic E-state index is -0.833. The maximum absolute atomic E-state index is 9.00. The SMILES string of the molecule is CC(=O)O.COC[CH2][Hg].COC[CH2][Hg].COC[CH2][Hg][Cl]. The molecule has 0 aromatic heterocycles. The van der Waals surface area contributed by atoms with Crippen LogP contribution in [0, 0.1) is 0 Å². The van der Waals surface area contributed by atoms with Crippen LogP contribution in [-0.4, -0.2) is 52.2 Å². The Bertz CT molecular complexity index is 138. The second-order valence-electron chi connectivity index (χ2n) is 3.25. The topological polar surface area (TPSA) is 65.0 Å². The number of halogens is 1. The Morgan fingerprint density at radius 3 is 1.40 bits per heavy atom. The van der Waals surface area contributed by atoms with Gasteiger partial charge in [-0.05, 0) is 0 Å². The van der Waals surface area contributed by atoms with Gasteiger partial charge in [0.15, 0.2) is 0 Å². The van der Waals surface area contributed by atoms with E-state index in [1.165, 1.54) is 11.8 Å². The summed E-state index contributed by atoms with van der Waals surface area (Å²) in [6.07, 6.45) is 0. The second-order valence-corrected chi connectivity index (χ2v) is 16.3. The normalized spacial score (nSPS) is 7.85. The number of carbonyl (C=O) groups is 1. The molecule has 0 heterocycles. The third-order valence-electron chi connectivity index (χ3n) is 1.18. The van der Waals surface area contributed by atoms with E-state index in [-0.39, 0.29) is 0 Å². The van der Waals surface area contributed by atoms with Crippen molar-refractivity contribution in [3.8, 4) is 0 Å². The molecule has 0 spiro atoms. The Hall–Kier alpha value is 2.45. The van der Waals surface area contributed by atoms with Crippen LogP contribution in [0.4, 0.5) is 0 Å². The summed E-state index contributed by atoms with van der Waals surface area (Å²) in [4.78, 5) is 9.00. The molecule has 0 aromatic rings. The first-order valence-electron chi connectivity index (χ1n) is 6.29. The number of hydrogen-bond donors (Lipinski definition) is 1. The van der Waals surface area contributed by atoms with E-state index in [9.17, 15) is 0 Å². The average molecular weight is 875 g/mol. The van der Waals surface area contributed by atoms with Crippen LogP contribution < -0.4 is 0 Å². The molecule has 0 aliphatic carbocycles. The summed E-state index contributed by atoms with van der Waals surface area (Å²) in [6, 6.07) is 0. The summed E-state index contributed by atoms with van der Waals surface area (Å²) < 4.78 is 18.0. The zero-order chi connectivity index (χ0) is 16.6. The average Bonchev–Trinajstić information content (AvgIpc) is 2.39. The van der Waals surface area contributed by atoms with Crippen molar-refractivity contribution < 1.29 is 99.7 Å². The molecule has 0 aliphatic heterocycles. The minimum absolute atomic E-state index is 0.821. The van der Waals surface area contributed by atoms with Gasteiger partial charge in [-0.15, -0.1) is 0 Å².